The van der Waals surface area contributed by atoms with Gasteiger partial charge in [-0.3, -0.25) is 4.98 Å². The van der Waals surface area contributed by atoms with Gasteiger partial charge in [-0.1, -0.05) is 32.6 Å². The molecule has 0 bridgehead atoms. The third-order valence-electron chi connectivity index (χ3n) is 3.97. The highest BCUT2D eigenvalue weighted by Gasteiger charge is 2.30. The van der Waals surface area contributed by atoms with Crippen molar-refractivity contribution >= 4 is 0 Å². The minimum atomic E-state index is -0.566. The van der Waals surface area contributed by atoms with Crippen molar-refractivity contribution in [2.24, 2.45) is 11.8 Å². The highest BCUT2D eigenvalue weighted by Crippen LogP contribution is 2.40. The molecule has 94 valence electrons. The van der Waals surface area contributed by atoms with Gasteiger partial charge in [0.25, 0.3) is 0 Å². The summed E-state index contributed by atoms with van der Waals surface area (Å²) in [5.41, 5.74) is 0.621. The zero-order chi connectivity index (χ0) is 12.3. The van der Waals surface area contributed by atoms with E-state index >= 15 is 0 Å². The Labute approximate surface area is 102 Å². The van der Waals surface area contributed by atoms with Crippen molar-refractivity contribution in [2.45, 2.75) is 45.1 Å². The molecule has 1 fully saturated rings. The Morgan fingerprint density at radius 1 is 1.41 bits per heavy atom. The Bertz CT molecular complexity index is 369. The molecule has 0 amide bonds. The van der Waals surface area contributed by atoms with Crippen molar-refractivity contribution in [1.29, 1.82) is 0 Å². The third kappa shape index (κ3) is 2.83. The maximum absolute atomic E-state index is 13.1. The lowest BCUT2D eigenvalue weighted by molar-refractivity contribution is 0.0447. The number of hydrogen-bond donors (Lipinski definition) is 1. The van der Waals surface area contributed by atoms with Crippen LogP contribution in [0.3, 0.4) is 0 Å². The topological polar surface area (TPSA) is 33.1 Å². The molecule has 0 saturated heterocycles. The van der Waals surface area contributed by atoms with Gasteiger partial charge in [-0.05, 0) is 24.3 Å². The summed E-state index contributed by atoms with van der Waals surface area (Å²) in [5, 5.41) is 10.4. The fraction of sp³-hybridized carbons (Fsp3) is 0.643. The van der Waals surface area contributed by atoms with Crippen LogP contribution in [0.4, 0.5) is 4.39 Å². The van der Waals surface area contributed by atoms with Crippen LogP contribution in [0.2, 0.25) is 0 Å². The highest BCUT2D eigenvalue weighted by atomic mass is 19.1. The second kappa shape index (κ2) is 5.58. The number of nitrogens with zero attached hydrogens (tertiary/aromatic N) is 1. The fourth-order valence-electron chi connectivity index (χ4n) is 3.00. The molecule has 1 N–H and O–H groups in total. The summed E-state index contributed by atoms with van der Waals surface area (Å²) in [7, 11) is 0. The maximum atomic E-state index is 13.1. The van der Waals surface area contributed by atoms with Crippen LogP contribution in [0.1, 0.15) is 50.7 Å². The van der Waals surface area contributed by atoms with Crippen LogP contribution >= 0.6 is 0 Å². The zero-order valence-corrected chi connectivity index (χ0v) is 10.3. The fourth-order valence-corrected chi connectivity index (χ4v) is 3.00. The molecule has 0 spiro atoms. The number of pyridine rings is 1. The average Bonchev–Trinajstić information content (AvgIpc) is 2.38. The summed E-state index contributed by atoms with van der Waals surface area (Å²) in [6.45, 7) is 2.17. The van der Waals surface area contributed by atoms with E-state index in [1.54, 1.807) is 6.20 Å². The van der Waals surface area contributed by atoms with E-state index < -0.39 is 6.10 Å². The number of aliphatic hydroxyl groups excluding tert-OH is 1. The van der Waals surface area contributed by atoms with Crippen LogP contribution in [0.15, 0.2) is 18.5 Å². The van der Waals surface area contributed by atoms with Crippen LogP contribution < -0.4 is 0 Å². The van der Waals surface area contributed by atoms with E-state index in [-0.39, 0.29) is 11.7 Å². The SMILES string of the molecule is CCC1CCCCC1C(O)c1cncc(F)c1. The summed E-state index contributed by atoms with van der Waals surface area (Å²) in [5.74, 6) is 0.449. The van der Waals surface area contributed by atoms with Crippen LogP contribution in [0.5, 0.6) is 0 Å². The molecule has 1 aliphatic carbocycles. The molecule has 1 heterocycles. The van der Waals surface area contributed by atoms with Gasteiger partial charge in [0.05, 0.1) is 12.3 Å². The number of aliphatic hydroxyl groups is 1. The van der Waals surface area contributed by atoms with Gasteiger partial charge in [0.1, 0.15) is 5.82 Å². The lowest BCUT2D eigenvalue weighted by Gasteiger charge is -2.34. The first kappa shape index (κ1) is 12.5. The summed E-state index contributed by atoms with van der Waals surface area (Å²) in [6, 6.07) is 1.40. The first-order valence-electron chi connectivity index (χ1n) is 6.51. The molecular weight excluding hydrogens is 217 g/mol. The van der Waals surface area contributed by atoms with Crippen molar-refractivity contribution in [3.05, 3.63) is 29.8 Å². The normalized spacial score (nSPS) is 26.8. The Kier molecular flexibility index (Phi) is 4.11. The average molecular weight is 237 g/mol. The van der Waals surface area contributed by atoms with Gasteiger partial charge in [-0.25, -0.2) is 4.39 Å². The van der Waals surface area contributed by atoms with Crippen molar-refractivity contribution in [1.82, 2.24) is 4.98 Å². The number of hydrogen-bond acceptors (Lipinski definition) is 2. The zero-order valence-electron chi connectivity index (χ0n) is 10.3. The summed E-state index contributed by atoms with van der Waals surface area (Å²) in [6.07, 6.45) is 7.92. The molecule has 1 aromatic rings. The van der Waals surface area contributed by atoms with Gasteiger partial charge >= 0.3 is 0 Å². The van der Waals surface area contributed by atoms with Crippen molar-refractivity contribution in [2.75, 3.05) is 0 Å². The number of aromatic nitrogens is 1. The first-order valence-corrected chi connectivity index (χ1v) is 6.51. The molecular formula is C14H20FNO. The molecule has 17 heavy (non-hydrogen) atoms. The third-order valence-corrected chi connectivity index (χ3v) is 3.97. The largest absolute Gasteiger partial charge is 0.388 e. The lowest BCUT2D eigenvalue weighted by Crippen LogP contribution is -2.25. The minimum absolute atomic E-state index is 0.261. The lowest BCUT2D eigenvalue weighted by atomic mass is 9.73. The molecule has 1 aliphatic rings. The molecule has 0 radical (unpaired) electrons. The molecule has 1 aromatic heterocycles. The maximum Gasteiger partial charge on any atom is 0.141 e. The standard InChI is InChI=1S/C14H20FNO/c1-2-10-5-3-4-6-13(10)14(17)11-7-12(15)9-16-8-11/h7-10,13-14,17H,2-6H2,1H3. The van der Waals surface area contributed by atoms with E-state index in [2.05, 4.69) is 11.9 Å². The van der Waals surface area contributed by atoms with Gasteiger partial charge in [0.15, 0.2) is 0 Å². The first-order chi connectivity index (χ1) is 8.22. The molecule has 2 rings (SSSR count). The summed E-state index contributed by atoms with van der Waals surface area (Å²) >= 11 is 0. The Morgan fingerprint density at radius 2 is 2.18 bits per heavy atom. The van der Waals surface area contributed by atoms with Crippen LogP contribution in [0, 0.1) is 17.7 Å². The second-order valence-corrected chi connectivity index (χ2v) is 5.00. The molecule has 3 heteroatoms. The Morgan fingerprint density at radius 3 is 2.88 bits per heavy atom. The molecule has 3 unspecified atom stereocenters. The van der Waals surface area contributed by atoms with Crippen molar-refractivity contribution < 1.29 is 9.50 Å². The van der Waals surface area contributed by atoms with Gasteiger partial charge < -0.3 is 5.11 Å². The van der Waals surface area contributed by atoms with Gasteiger partial charge in [-0.15, -0.1) is 0 Å². The Balaban J connectivity index is 2.15. The van der Waals surface area contributed by atoms with Crippen LogP contribution in [-0.2, 0) is 0 Å². The van der Waals surface area contributed by atoms with Gasteiger partial charge in [0.2, 0.25) is 0 Å². The number of halogens is 1. The predicted octanol–water partition coefficient (Wildman–Crippen LogP) is 3.47. The smallest absolute Gasteiger partial charge is 0.141 e. The molecule has 0 aromatic carbocycles. The summed E-state index contributed by atoms with van der Waals surface area (Å²) in [4.78, 5) is 3.82. The summed E-state index contributed by atoms with van der Waals surface area (Å²) < 4.78 is 13.1. The van der Waals surface area contributed by atoms with Crippen LogP contribution in [0.25, 0.3) is 0 Å². The van der Waals surface area contributed by atoms with Gasteiger partial charge in [-0.2, -0.15) is 0 Å². The molecule has 3 atom stereocenters. The monoisotopic (exact) mass is 237 g/mol. The molecule has 1 saturated carbocycles. The molecule has 2 nitrogen and oxygen atoms in total. The van der Waals surface area contributed by atoms with E-state index in [4.69, 9.17) is 0 Å². The molecule has 0 aliphatic heterocycles. The quantitative estimate of drug-likeness (QED) is 0.873. The van der Waals surface area contributed by atoms with E-state index in [0.29, 0.717) is 11.5 Å². The van der Waals surface area contributed by atoms with Crippen molar-refractivity contribution in [3.63, 3.8) is 0 Å². The van der Waals surface area contributed by atoms with E-state index in [0.717, 1.165) is 12.8 Å². The van der Waals surface area contributed by atoms with E-state index in [1.165, 1.54) is 31.5 Å². The predicted molar refractivity (Wildman–Crippen MR) is 64.9 cm³/mol. The minimum Gasteiger partial charge on any atom is -0.388 e. The number of rotatable bonds is 3. The van der Waals surface area contributed by atoms with Crippen molar-refractivity contribution in [3.8, 4) is 0 Å². The second-order valence-electron chi connectivity index (χ2n) is 5.00. The highest BCUT2D eigenvalue weighted by molar-refractivity contribution is 5.14. The van der Waals surface area contributed by atoms with Crippen LogP contribution in [-0.4, -0.2) is 10.1 Å². The van der Waals surface area contributed by atoms with E-state index in [1.807, 2.05) is 0 Å². The van der Waals surface area contributed by atoms with E-state index in [9.17, 15) is 9.50 Å². The van der Waals surface area contributed by atoms with Gasteiger partial charge in [0, 0.05) is 11.8 Å². The Hall–Kier alpha value is -0.960.